The number of hydrogen-bond donors (Lipinski definition) is 1. The van der Waals surface area contributed by atoms with E-state index in [2.05, 4.69) is 0 Å². The minimum absolute atomic E-state index is 0. The molecule has 0 bridgehead atoms. The van der Waals surface area contributed by atoms with Gasteiger partial charge in [0, 0.05) is 13.1 Å². The number of piperidine rings is 1. The summed E-state index contributed by atoms with van der Waals surface area (Å²) in [6.45, 7) is 1.71. The number of nitrogens with two attached hydrogens (primary N) is 1. The van der Waals surface area contributed by atoms with Crippen LogP contribution in [0.1, 0.15) is 20.7 Å². The summed E-state index contributed by atoms with van der Waals surface area (Å²) >= 11 is 0. The second kappa shape index (κ2) is 2.71. The van der Waals surface area contributed by atoms with E-state index in [1.54, 1.807) is 4.90 Å². The van der Waals surface area contributed by atoms with Gasteiger partial charge in [-0.3, -0.25) is 0 Å². The summed E-state index contributed by atoms with van der Waals surface area (Å²) in [7, 11) is 0. The molecule has 0 radical (unpaired) electrons. The quantitative estimate of drug-likeness (QED) is 0.513. The molecule has 2 amide bonds. The van der Waals surface area contributed by atoms with Crippen LogP contribution in [-0.4, -0.2) is 24.0 Å². The monoisotopic (exact) mass is 129 g/mol. The van der Waals surface area contributed by atoms with Crippen LogP contribution in [0.25, 0.3) is 0 Å². The molecule has 0 aromatic rings. The van der Waals surface area contributed by atoms with Crippen molar-refractivity contribution in [2.24, 2.45) is 5.73 Å². The van der Waals surface area contributed by atoms with Gasteiger partial charge in [0.15, 0.2) is 0 Å². The number of nitrogens with zero attached hydrogens (tertiary/aromatic N) is 1. The molecule has 1 aliphatic rings. The second-order valence-electron chi connectivity index (χ2n) is 2.39. The maximum Gasteiger partial charge on any atom is 1.00 e. The van der Waals surface area contributed by atoms with Crippen molar-refractivity contribution < 1.29 is 6.22 Å². The Hall–Kier alpha value is -0.730. The Morgan fingerprint density at radius 3 is 2.22 bits per heavy atom. The molecule has 1 heterocycles. The van der Waals surface area contributed by atoms with Gasteiger partial charge in [0.05, 0.1) is 0 Å². The molecular weight excluding hydrogens is 116 g/mol. The van der Waals surface area contributed by atoms with E-state index in [0.717, 1.165) is 25.9 Å². The zero-order valence-corrected chi connectivity index (χ0v) is 5.47. The summed E-state index contributed by atoms with van der Waals surface area (Å²) < 4.78 is 0. The van der Waals surface area contributed by atoms with Gasteiger partial charge in [-0.1, -0.05) is 0 Å². The molecule has 0 spiro atoms. The van der Waals surface area contributed by atoms with Crippen molar-refractivity contribution in [1.82, 2.24) is 4.90 Å². The highest BCUT2D eigenvalue weighted by atomic mass is 16.2. The topological polar surface area (TPSA) is 46.3 Å². The number of urea groups is 1. The lowest BCUT2D eigenvalue weighted by Gasteiger charge is -2.24. The molecule has 1 rings (SSSR count). The SMILES string of the molecule is NC(=O)N1CCCCC1.[H+]. The van der Waals surface area contributed by atoms with Gasteiger partial charge in [-0.15, -0.1) is 0 Å². The highest BCUT2D eigenvalue weighted by Gasteiger charge is 2.11. The maximum atomic E-state index is 10.5. The van der Waals surface area contributed by atoms with Crippen LogP contribution in [0.5, 0.6) is 0 Å². The fraction of sp³-hybridized carbons (Fsp3) is 0.833. The second-order valence-corrected chi connectivity index (χ2v) is 2.39. The van der Waals surface area contributed by atoms with Gasteiger partial charge in [-0.05, 0) is 19.3 Å². The summed E-state index contributed by atoms with van der Waals surface area (Å²) in [6, 6.07) is -0.269. The van der Waals surface area contributed by atoms with Crippen LogP contribution in [-0.2, 0) is 0 Å². The summed E-state index contributed by atoms with van der Waals surface area (Å²) in [5.74, 6) is 0. The summed E-state index contributed by atoms with van der Waals surface area (Å²) in [5.41, 5.74) is 5.05. The standard InChI is InChI=1S/C6H12N2O/c7-6(9)8-4-2-1-3-5-8/h1-5H2,(H2,7,9)/p+1. The van der Waals surface area contributed by atoms with Crippen molar-refractivity contribution in [3.63, 3.8) is 0 Å². The number of primary amides is 1. The molecule has 0 saturated carbocycles. The molecular formula is C6H13N2O+. The van der Waals surface area contributed by atoms with Crippen molar-refractivity contribution in [2.45, 2.75) is 19.3 Å². The molecule has 1 saturated heterocycles. The number of hydrogen-bond acceptors (Lipinski definition) is 1. The Morgan fingerprint density at radius 1 is 1.33 bits per heavy atom. The summed E-state index contributed by atoms with van der Waals surface area (Å²) in [4.78, 5) is 12.2. The number of amides is 2. The Labute approximate surface area is 56.3 Å². The molecule has 1 fully saturated rings. The molecule has 3 nitrogen and oxygen atoms in total. The van der Waals surface area contributed by atoms with E-state index in [0.29, 0.717) is 0 Å². The first-order chi connectivity index (χ1) is 4.30. The highest BCUT2D eigenvalue weighted by molar-refractivity contribution is 5.71. The summed E-state index contributed by atoms with van der Waals surface area (Å²) in [6.07, 6.45) is 3.47. The molecule has 0 atom stereocenters. The van der Waals surface area contributed by atoms with Crippen LogP contribution in [0.2, 0.25) is 0 Å². The van der Waals surface area contributed by atoms with Crippen LogP contribution in [0, 0.1) is 0 Å². The average molecular weight is 129 g/mol. The molecule has 0 aromatic heterocycles. The fourth-order valence-electron chi connectivity index (χ4n) is 1.11. The third-order valence-electron chi connectivity index (χ3n) is 1.67. The van der Waals surface area contributed by atoms with Crippen LogP contribution in [0.3, 0.4) is 0 Å². The largest absolute Gasteiger partial charge is 1.00 e. The van der Waals surface area contributed by atoms with E-state index in [1.165, 1.54) is 6.42 Å². The number of carbonyl (C=O) groups is 1. The van der Waals surface area contributed by atoms with Crippen LogP contribution >= 0.6 is 0 Å². The third-order valence-corrected chi connectivity index (χ3v) is 1.67. The first-order valence-corrected chi connectivity index (χ1v) is 3.35. The molecule has 0 unspecified atom stereocenters. The first-order valence-electron chi connectivity index (χ1n) is 3.35. The van der Waals surface area contributed by atoms with Crippen molar-refractivity contribution in [2.75, 3.05) is 13.1 Å². The number of rotatable bonds is 0. The minimum Gasteiger partial charge on any atom is -0.351 e. The number of likely N-dealkylation sites (tertiary alicyclic amines) is 1. The van der Waals surface area contributed by atoms with Gasteiger partial charge < -0.3 is 10.6 Å². The molecule has 9 heavy (non-hydrogen) atoms. The normalized spacial score (nSPS) is 19.8. The van der Waals surface area contributed by atoms with Gasteiger partial charge >= 0.3 is 7.46 Å². The fourth-order valence-corrected chi connectivity index (χ4v) is 1.11. The van der Waals surface area contributed by atoms with Crippen molar-refractivity contribution in [3.05, 3.63) is 0 Å². The third kappa shape index (κ3) is 1.59. The Bertz CT molecular complexity index is 112. The molecule has 2 N–H and O–H groups in total. The van der Waals surface area contributed by atoms with Crippen molar-refractivity contribution in [1.29, 1.82) is 0 Å². The van der Waals surface area contributed by atoms with Gasteiger partial charge in [-0.25, -0.2) is 4.79 Å². The van der Waals surface area contributed by atoms with Gasteiger partial charge in [0.2, 0.25) is 0 Å². The molecule has 3 heteroatoms. The van der Waals surface area contributed by atoms with Crippen LogP contribution in [0.15, 0.2) is 0 Å². The first kappa shape index (κ1) is 6.39. The molecule has 0 aromatic carbocycles. The minimum atomic E-state index is -0.269. The van der Waals surface area contributed by atoms with E-state index in [9.17, 15) is 4.79 Å². The van der Waals surface area contributed by atoms with Crippen molar-refractivity contribution in [3.8, 4) is 0 Å². The van der Waals surface area contributed by atoms with Gasteiger partial charge in [0.25, 0.3) is 0 Å². The zero-order chi connectivity index (χ0) is 6.69. The van der Waals surface area contributed by atoms with E-state index >= 15 is 0 Å². The van der Waals surface area contributed by atoms with Gasteiger partial charge in [0.1, 0.15) is 0 Å². The molecule has 1 aliphatic heterocycles. The smallest absolute Gasteiger partial charge is 0.351 e. The van der Waals surface area contributed by atoms with E-state index in [-0.39, 0.29) is 7.46 Å². The highest BCUT2D eigenvalue weighted by Crippen LogP contribution is 2.06. The Kier molecular flexibility index (Phi) is 1.92. The summed E-state index contributed by atoms with van der Waals surface area (Å²) in [5, 5.41) is 0. The predicted octanol–water partition coefficient (Wildman–Crippen LogP) is 0.663. The number of carbonyl (C=O) groups excluding carboxylic acids is 1. The molecule has 52 valence electrons. The van der Waals surface area contributed by atoms with E-state index in [1.807, 2.05) is 0 Å². The Morgan fingerprint density at radius 2 is 1.89 bits per heavy atom. The van der Waals surface area contributed by atoms with Crippen LogP contribution in [0.4, 0.5) is 4.79 Å². The lowest BCUT2D eigenvalue weighted by Crippen LogP contribution is -2.39. The lowest BCUT2D eigenvalue weighted by molar-refractivity contribution is 0.196. The van der Waals surface area contributed by atoms with E-state index < -0.39 is 0 Å². The van der Waals surface area contributed by atoms with E-state index in [4.69, 9.17) is 5.73 Å². The molecule has 0 aliphatic carbocycles. The zero-order valence-electron chi connectivity index (χ0n) is 6.47. The average Bonchev–Trinajstić information content (AvgIpc) is 1.90. The van der Waals surface area contributed by atoms with Crippen molar-refractivity contribution >= 4 is 6.03 Å². The van der Waals surface area contributed by atoms with Crippen LogP contribution < -0.4 is 5.73 Å². The maximum absolute atomic E-state index is 10.5. The Balaban J connectivity index is 0.000000810. The lowest BCUT2D eigenvalue weighted by atomic mass is 10.1. The van der Waals surface area contributed by atoms with Gasteiger partial charge in [-0.2, -0.15) is 0 Å². The predicted molar refractivity (Wildman–Crippen MR) is 36.1 cm³/mol.